The predicted octanol–water partition coefficient (Wildman–Crippen LogP) is 2.80. The van der Waals surface area contributed by atoms with Crippen LogP contribution >= 0.6 is 0 Å². The van der Waals surface area contributed by atoms with Crippen molar-refractivity contribution in [2.24, 2.45) is 5.10 Å². The van der Waals surface area contributed by atoms with Gasteiger partial charge in [-0.05, 0) is 30.3 Å². The molecular weight excluding hydrogens is 322 g/mol. The van der Waals surface area contributed by atoms with Gasteiger partial charge in [0.2, 0.25) is 0 Å². The second-order valence-corrected chi connectivity index (χ2v) is 4.99. The first kappa shape index (κ1) is 16.1. The van der Waals surface area contributed by atoms with Crippen LogP contribution in [0.15, 0.2) is 70.4 Å². The Balaban J connectivity index is 1.72. The highest BCUT2D eigenvalue weighted by Crippen LogP contribution is 2.25. The summed E-state index contributed by atoms with van der Waals surface area (Å²) in [7, 11) is 0. The number of pyridine rings is 1. The summed E-state index contributed by atoms with van der Waals surface area (Å²) in [5.41, 5.74) is 3.36. The Morgan fingerprint density at radius 1 is 1.12 bits per heavy atom. The number of carboxylic acids is 1. The molecule has 0 saturated carbocycles. The molecule has 0 unspecified atom stereocenters. The van der Waals surface area contributed by atoms with E-state index in [2.05, 4.69) is 15.5 Å². The summed E-state index contributed by atoms with van der Waals surface area (Å²) < 4.78 is 5.57. The molecule has 3 rings (SSSR count). The summed E-state index contributed by atoms with van der Waals surface area (Å²) in [6.45, 7) is 0. The lowest BCUT2D eigenvalue weighted by Crippen LogP contribution is -2.17. The molecule has 0 saturated heterocycles. The van der Waals surface area contributed by atoms with E-state index < -0.39 is 11.9 Å². The quantitative estimate of drug-likeness (QED) is 0.551. The van der Waals surface area contributed by atoms with E-state index in [9.17, 15) is 14.7 Å². The maximum atomic E-state index is 11.8. The maximum absolute atomic E-state index is 11.8. The number of amides is 1. The fraction of sp³-hybridized carbons (Fsp3) is 0. The molecule has 0 aliphatic heterocycles. The fourth-order valence-electron chi connectivity index (χ4n) is 2.17. The lowest BCUT2D eigenvalue weighted by atomic mass is 10.1. The van der Waals surface area contributed by atoms with Crippen molar-refractivity contribution in [1.82, 2.24) is 10.4 Å². The van der Waals surface area contributed by atoms with E-state index in [1.807, 2.05) is 0 Å². The molecule has 124 valence electrons. The van der Waals surface area contributed by atoms with Crippen LogP contribution in [0.25, 0.3) is 11.3 Å². The molecule has 0 atom stereocenters. The van der Waals surface area contributed by atoms with Crippen LogP contribution in [0.1, 0.15) is 26.5 Å². The van der Waals surface area contributed by atoms with Gasteiger partial charge in [0.15, 0.2) is 0 Å². The molecule has 2 N–H and O–H groups in total. The number of hydrogen-bond acceptors (Lipinski definition) is 5. The molecule has 0 bridgehead atoms. The number of hydrogen-bond donors (Lipinski definition) is 2. The number of aromatic carboxylic acids is 1. The van der Waals surface area contributed by atoms with Gasteiger partial charge in [0.25, 0.3) is 5.91 Å². The van der Waals surface area contributed by atoms with Crippen molar-refractivity contribution >= 4 is 18.1 Å². The Morgan fingerprint density at radius 2 is 1.96 bits per heavy atom. The lowest BCUT2D eigenvalue weighted by molar-refractivity contribution is 0.0697. The number of nitrogens with zero attached hydrogens (tertiary/aromatic N) is 2. The Kier molecular flexibility index (Phi) is 4.66. The van der Waals surface area contributed by atoms with Crippen LogP contribution in [0.3, 0.4) is 0 Å². The van der Waals surface area contributed by atoms with Crippen molar-refractivity contribution in [1.29, 1.82) is 0 Å². The maximum Gasteiger partial charge on any atom is 0.336 e. The van der Waals surface area contributed by atoms with Gasteiger partial charge in [-0.15, -0.1) is 0 Å². The van der Waals surface area contributed by atoms with Crippen LogP contribution in [-0.4, -0.2) is 28.2 Å². The highest BCUT2D eigenvalue weighted by atomic mass is 16.4. The van der Waals surface area contributed by atoms with Crippen molar-refractivity contribution < 1.29 is 19.1 Å². The number of benzene rings is 1. The van der Waals surface area contributed by atoms with Gasteiger partial charge in [0.1, 0.15) is 11.5 Å². The van der Waals surface area contributed by atoms with Crippen LogP contribution in [-0.2, 0) is 0 Å². The minimum Gasteiger partial charge on any atom is -0.478 e. The van der Waals surface area contributed by atoms with E-state index in [1.54, 1.807) is 48.7 Å². The standard InChI is InChI=1S/C18H13N3O4/c22-17(12-4-3-9-19-10-12)21-20-11-13-7-8-16(25-13)14-5-1-2-6-15(14)18(23)24/h1-11H,(H,21,22)(H,23,24)/b20-11-. The zero-order chi connectivity index (χ0) is 17.6. The van der Waals surface area contributed by atoms with Crippen molar-refractivity contribution in [2.45, 2.75) is 0 Å². The fourth-order valence-corrected chi connectivity index (χ4v) is 2.17. The molecule has 1 aromatic carbocycles. The van der Waals surface area contributed by atoms with Gasteiger partial charge >= 0.3 is 5.97 Å². The minimum atomic E-state index is -1.04. The summed E-state index contributed by atoms with van der Waals surface area (Å²) >= 11 is 0. The average Bonchev–Trinajstić information content (AvgIpc) is 3.11. The molecule has 2 aromatic heterocycles. The number of rotatable bonds is 5. The van der Waals surface area contributed by atoms with Crippen LogP contribution in [0.4, 0.5) is 0 Å². The topological polar surface area (TPSA) is 105 Å². The molecule has 3 aromatic rings. The highest BCUT2D eigenvalue weighted by Gasteiger charge is 2.13. The number of aromatic nitrogens is 1. The predicted molar refractivity (Wildman–Crippen MR) is 90.4 cm³/mol. The van der Waals surface area contributed by atoms with Gasteiger partial charge in [-0.25, -0.2) is 10.2 Å². The van der Waals surface area contributed by atoms with Crippen molar-refractivity contribution in [2.75, 3.05) is 0 Å². The average molecular weight is 335 g/mol. The van der Waals surface area contributed by atoms with E-state index in [4.69, 9.17) is 4.42 Å². The first-order chi connectivity index (χ1) is 12.1. The molecule has 2 heterocycles. The van der Waals surface area contributed by atoms with Gasteiger partial charge < -0.3 is 9.52 Å². The van der Waals surface area contributed by atoms with Crippen molar-refractivity contribution in [3.05, 3.63) is 77.8 Å². The minimum absolute atomic E-state index is 0.144. The van der Waals surface area contributed by atoms with E-state index >= 15 is 0 Å². The van der Waals surface area contributed by atoms with Gasteiger partial charge in [-0.1, -0.05) is 18.2 Å². The SMILES string of the molecule is O=C(N/N=C\c1ccc(-c2ccccc2C(=O)O)o1)c1cccnc1. The number of nitrogens with one attached hydrogen (secondary N) is 1. The molecule has 0 aliphatic rings. The molecule has 0 radical (unpaired) electrons. The van der Waals surface area contributed by atoms with Crippen molar-refractivity contribution in [3.8, 4) is 11.3 Å². The first-order valence-corrected chi connectivity index (χ1v) is 7.31. The van der Waals surface area contributed by atoms with Gasteiger partial charge in [0.05, 0.1) is 17.3 Å². The van der Waals surface area contributed by atoms with E-state index in [1.165, 1.54) is 18.5 Å². The number of carbonyl (C=O) groups is 2. The van der Waals surface area contributed by atoms with E-state index in [-0.39, 0.29) is 5.56 Å². The largest absolute Gasteiger partial charge is 0.478 e. The molecule has 0 fully saturated rings. The number of carbonyl (C=O) groups excluding carboxylic acids is 1. The molecule has 25 heavy (non-hydrogen) atoms. The van der Waals surface area contributed by atoms with Crippen LogP contribution in [0.2, 0.25) is 0 Å². The monoisotopic (exact) mass is 335 g/mol. The Bertz CT molecular complexity index is 932. The Morgan fingerprint density at radius 3 is 2.72 bits per heavy atom. The summed E-state index contributed by atoms with van der Waals surface area (Å²) in [5.74, 6) is -0.655. The normalized spacial score (nSPS) is 10.7. The Labute approximate surface area is 142 Å². The summed E-state index contributed by atoms with van der Waals surface area (Å²) in [6, 6.07) is 13.1. The molecule has 0 aliphatic carbocycles. The van der Waals surface area contributed by atoms with Crippen LogP contribution in [0, 0.1) is 0 Å². The third-order valence-electron chi connectivity index (χ3n) is 3.33. The second-order valence-electron chi connectivity index (χ2n) is 4.99. The second kappa shape index (κ2) is 7.22. The third kappa shape index (κ3) is 3.78. The summed E-state index contributed by atoms with van der Waals surface area (Å²) in [4.78, 5) is 26.9. The number of hydrazone groups is 1. The van der Waals surface area contributed by atoms with Gasteiger partial charge in [0, 0.05) is 18.0 Å². The molecule has 7 heteroatoms. The molecule has 1 amide bonds. The summed E-state index contributed by atoms with van der Waals surface area (Å²) in [5, 5.41) is 13.0. The van der Waals surface area contributed by atoms with Crippen LogP contribution < -0.4 is 5.43 Å². The first-order valence-electron chi connectivity index (χ1n) is 7.31. The lowest BCUT2D eigenvalue weighted by Gasteiger charge is -2.01. The summed E-state index contributed by atoms with van der Waals surface area (Å²) in [6.07, 6.45) is 4.33. The van der Waals surface area contributed by atoms with E-state index in [0.717, 1.165) is 0 Å². The van der Waals surface area contributed by atoms with Crippen molar-refractivity contribution in [3.63, 3.8) is 0 Å². The van der Waals surface area contributed by atoms with Gasteiger partial charge in [-0.2, -0.15) is 5.10 Å². The third-order valence-corrected chi connectivity index (χ3v) is 3.33. The van der Waals surface area contributed by atoms with Crippen LogP contribution in [0.5, 0.6) is 0 Å². The van der Waals surface area contributed by atoms with E-state index in [0.29, 0.717) is 22.6 Å². The molecular formula is C18H13N3O4. The molecule has 0 spiro atoms. The zero-order valence-electron chi connectivity index (χ0n) is 12.9. The highest BCUT2D eigenvalue weighted by molar-refractivity contribution is 5.96. The number of furan rings is 1. The van der Waals surface area contributed by atoms with Gasteiger partial charge in [-0.3, -0.25) is 9.78 Å². The smallest absolute Gasteiger partial charge is 0.336 e. The Hall–Kier alpha value is -3.74. The molecule has 7 nitrogen and oxygen atoms in total. The zero-order valence-corrected chi connectivity index (χ0v) is 12.9. The number of carboxylic acid groups (broad SMARTS) is 1.